The Bertz CT molecular complexity index is 1890. The quantitative estimate of drug-likeness (QED) is 0.0698. The van der Waals surface area contributed by atoms with Crippen molar-refractivity contribution in [2.75, 3.05) is 64.8 Å². The van der Waals surface area contributed by atoms with E-state index in [1.54, 1.807) is 7.05 Å². The van der Waals surface area contributed by atoms with Crippen molar-refractivity contribution in [3.8, 4) is 11.5 Å². The summed E-state index contributed by atoms with van der Waals surface area (Å²) in [5.41, 5.74) is 7.31. The van der Waals surface area contributed by atoms with Crippen molar-refractivity contribution in [2.45, 2.75) is 50.4 Å². The lowest BCUT2D eigenvalue weighted by Gasteiger charge is -2.34. The fourth-order valence-corrected chi connectivity index (χ4v) is 8.37. The van der Waals surface area contributed by atoms with Gasteiger partial charge in [-0.05, 0) is 91.1 Å². The van der Waals surface area contributed by atoms with Crippen molar-refractivity contribution >= 4 is 23.2 Å². The summed E-state index contributed by atoms with van der Waals surface area (Å²) in [5, 5.41) is 14.1. The second-order valence-corrected chi connectivity index (χ2v) is 14.8. The molecule has 0 radical (unpaired) electrons. The summed E-state index contributed by atoms with van der Waals surface area (Å²) in [4.78, 5) is 28.8. The number of carbonyl (C=O) groups excluding carboxylic acids is 2. The highest BCUT2D eigenvalue weighted by molar-refractivity contribution is 6.17. The Balaban J connectivity index is 0.803. The topological polar surface area (TPSA) is 107 Å². The minimum atomic E-state index is -0.628. The molecule has 2 amide bonds. The number of hydrogen-bond donors (Lipinski definition) is 3. The third-order valence-corrected chi connectivity index (χ3v) is 11.4. The molecule has 0 bridgehead atoms. The van der Waals surface area contributed by atoms with Crippen molar-refractivity contribution in [1.29, 1.82) is 5.41 Å². The monoisotopic (exact) mass is 727 g/mol. The number of aryl methyl sites for hydroxylation is 1. The van der Waals surface area contributed by atoms with Gasteiger partial charge in [-0.3, -0.25) is 19.8 Å². The first-order chi connectivity index (χ1) is 26.5. The second-order valence-electron chi connectivity index (χ2n) is 14.8. The average molecular weight is 728 g/mol. The van der Waals surface area contributed by atoms with Gasteiger partial charge in [-0.25, -0.2) is 0 Å². The van der Waals surface area contributed by atoms with E-state index in [0.29, 0.717) is 30.4 Å². The fourth-order valence-electron chi connectivity index (χ4n) is 8.37. The number of anilines is 1. The van der Waals surface area contributed by atoms with Crippen LogP contribution in [0.4, 0.5) is 5.69 Å². The molecule has 2 saturated heterocycles. The van der Waals surface area contributed by atoms with Crippen LogP contribution in [-0.2, 0) is 16.0 Å². The zero-order valence-electron chi connectivity index (χ0n) is 31.4. The standard InChI is InChI=1S/C45H53N5O4/c1-47-41-31-36(18-20-39(41)44(46)40-21-22-42(51)48-45(40)52)54-30-28-50-26-24-49(25-27-50)23-7-8-29-53-35-16-13-34(14-17-35)43-37-12-6-5-11-33(37)15-19-38(43)32-9-3-2-4-10-32/h2-6,9-14,16-18,20,31,38,40,43,46-47H,7-8,15,19,21-30H2,1H3,(H,48,51,52). The van der Waals surface area contributed by atoms with Gasteiger partial charge in [-0.15, -0.1) is 0 Å². The molecular weight excluding hydrogens is 675 g/mol. The van der Waals surface area contributed by atoms with Crippen LogP contribution in [0.25, 0.3) is 0 Å². The second kappa shape index (κ2) is 17.9. The van der Waals surface area contributed by atoms with E-state index in [4.69, 9.17) is 14.9 Å². The number of benzene rings is 4. The van der Waals surface area contributed by atoms with Crippen LogP contribution in [0.1, 0.15) is 71.8 Å². The predicted octanol–water partition coefficient (Wildman–Crippen LogP) is 6.87. The highest BCUT2D eigenvalue weighted by atomic mass is 16.5. The molecule has 0 saturated carbocycles. The maximum atomic E-state index is 12.3. The first-order valence-corrected chi connectivity index (χ1v) is 19.6. The summed E-state index contributed by atoms with van der Waals surface area (Å²) in [6.07, 6.45) is 5.04. The lowest BCUT2D eigenvalue weighted by atomic mass is 9.69. The SMILES string of the molecule is CNc1cc(OCCN2CCN(CCCCOc3ccc(C4c5ccccc5CCC4c4ccccc4)cc3)CC2)ccc1C(=N)C1CCC(=O)NC1=O. The van der Waals surface area contributed by atoms with Crippen molar-refractivity contribution in [2.24, 2.45) is 5.92 Å². The smallest absolute Gasteiger partial charge is 0.235 e. The molecule has 2 aliphatic heterocycles. The zero-order valence-corrected chi connectivity index (χ0v) is 31.4. The van der Waals surface area contributed by atoms with Crippen molar-refractivity contribution in [3.63, 3.8) is 0 Å². The Morgan fingerprint density at radius 3 is 2.22 bits per heavy atom. The van der Waals surface area contributed by atoms with Crippen molar-refractivity contribution in [3.05, 3.63) is 125 Å². The van der Waals surface area contributed by atoms with Crippen molar-refractivity contribution < 1.29 is 19.1 Å². The molecule has 9 heteroatoms. The molecule has 282 valence electrons. The lowest BCUT2D eigenvalue weighted by Crippen LogP contribution is -2.47. The number of carbonyl (C=O) groups is 2. The molecule has 0 spiro atoms. The Hall–Kier alpha value is -4.99. The maximum Gasteiger partial charge on any atom is 0.235 e. The summed E-state index contributed by atoms with van der Waals surface area (Å²) < 4.78 is 12.3. The normalized spacial score (nSPS) is 20.5. The van der Waals surface area contributed by atoms with Crippen molar-refractivity contribution in [1.82, 2.24) is 15.1 Å². The summed E-state index contributed by atoms with van der Waals surface area (Å²) in [6, 6.07) is 34.4. The Morgan fingerprint density at radius 2 is 1.46 bits per heavy atom. The number of unbranched alkanes of at least 4 members (excludes halogenated alkanes) is 1. The van der Waals surface area contributed by atoms with Gasteiger partial charge in [0.25, 0.3) is 0 Å². The summed E-state index contributed by atoms with van der Waals surface area (Å²) in [6.45, 7) is 7.39. The Labute approximate surface area is 319 Å². The first-order valence-electron chi connectivity index (χ1n) is 19.6. The van der Waals surface area contributed by atoms with Crippen LogP contribution in [0.2, 0.25) is 0 Å². The van der Waals surface area contributed by atoms with Crippen LogP contribution in [0.3, 0.4) is 0 Å². The third kappa shape index (κ3) is 9.02. The number of ether oxygens (including phenoxy) is 2. The van der Waals surface area contributed by atoms with Crippen LogP contribution >= 0.6 is 0 Å². The zero-order chi connectivity index (χ0) is 37.3. The van der Waals surface area contributed by atoms with Gasteiger partial charge in [-0.2, -0.15) is 0 Å². The molecule has 9 nitrogen and oxygen atoms in total. The van der Waals surface area contributed by atoms with Crippen LogP contribution < -0.4 is 20.1 Å². The van der Waals surface area contributed by atoms with Crippen LogP contribution in [0, 0.1) is 11.3 Å². The van der Waals surface area contributed by atoms with Crippen LogP contribution in [-0.4, -0.2) is 86.9 Å². The van der Waals surface area contributed by atoms with Gasteiger partial charge < -0.3 is 25.1 Å². The molecule has 3 unspecified atom stereocenters. The van der Waals surface area contributed by atoms with E-state index in [-0.39, 0.29) is 18.0 Å². The molecular formula is C45H53N5O4. The van der Waals surface area contributed by atoms with Gasteiger partial charge in [0.05, 0.1) is 18.2 Å². The highest BCUT2D eigenvalue weighted by Gasteiger charge is 2.33. The summed E-state index contributed by atoms with van der Waals surface area (Å²) >= 11 is 0. The molecule has 0 aromatic heterocycles. The third-order valence-electron chi connectivity index (χ3n) is 11.4. The maximum absolute atomic E-state index is 12.3. The summed E-state index contributed by atoms with van der Waals surface area (Å²) in [7, 11) is 1.79. The first kappa shape index (κ1) is 37.3. The van der Waals surface area contributed by atoms with E-state index in [1.165, 1.54) is 22.3 Å². The Morgan fingerprint density at radius 1 is 0.759 bits per heavy atom. The molecule has 4 aromatic rings. The van der Waals surface area contributed by atoms with E-state index in [2.05, 4.69) is 99.3 Å². The van der Waals surface area contributed by atoms with Crippen LogP contribution in [0.15, 0.2) is 97.1 Å². The van der Waals surface area contributed by atoms with Gasteiger partial charge in [-0.1, -0.05) is 66.7 Å². The molecule has 2 fully saturated rings. The van der Waals surface area contributed by atoms with Crippen LogP contribution in [0.5, 0.6) is 11.5 Å². The average Bonchev–Trinajstić information content (AvgIpc) is 3.21. The lowest BCUT2D eigenvalue weighted by molar-refractivity contribution is -0.134. The predicted molar refractivity (Wildman–Crippen MR) is 214 cm³/mol. The number of imide groups is 1. The molecule has 3 N–H and O–H groups in total. The summed E-state index contributed by atoms with van der Waals surface area (Å²) in [5.74, 6) is 1.18. The number of rotatable bonds is 15. The van der Waals surface area contributed by atoms with Gasteiger partial charge in [0, 0.05) is 69.4 Å². The van der Waals surface area contributed by atoms with Gasteiger partial charge in [0.2, 0.25) is 11.8 Å². The van der Waals surface area contributed by atoms with Gasteiger partial charge >= 0.3 is 0 Å². The number of piperazine rings is 1. The molecule has 3 atom stereocenters. The molecule has 54 heavy (non-hydrogen) atoms. The van der Waals surface area contributed by atoms with Gasteiger partial charge in [0.15, 0.2) is 0 Å². The minimum absolute atomic E-state index is 0.213. The molecule has 7 rings (SSSR count). The number of hydrogen-bond acceptors (Lipinski definition) is 8. The molecule has 3 aliphatic rings. The molecule has 4 aromatic carbocycles. The van der Waals surface area contributed by atoms with E-state index in [9.17, 15) is 9.59 Å². The number of nitrogens with one attached hydrogen (secondary N) is 3. The van der Waals surface area contributed by atoms with E-state index >= 15 is 0 Å². The molecule has 1 aliphatic carbocycles. The van der Waals surface area contributed by atoms with E-state index in [1.807, 2.05) is 18.2 Å². The Kier molecular flexibility index (Phi) is 12.4. The fraction of sp³-hybridized carbons (Fsp3) is 0.400. The number of fused-ring (bicyclic) bond motifs is 1. The minimum Gasteiger partial charge on any atom is -0.494 e. The van der Waals surface area contributed by atoms with E-state index < -0.39 is 11.8 Å². The molecule has 2 heterocycles. The number of amides is 2. The largest absolute Gasteiger partial charge is 0.494 e. The highest BCUT2D eigenvalue weighted by Crippen LogP contribution is 2.46. The number of piperidine rings is 1. The number of nitrogens with zero attached hydrogens (tertiary/aromatic N) is 2. The van der Waals surface area contributed by atoms with Gasteiger partial charge in [0.1, 0.15) is 18.1 Å². The van der Waals surface area contributed by atoms with E-state index in [0.717, 1.165) is 88.7 Å².